The number of aromatic nitrogens is 2. The summed E-state index contributed by atoms with van der Waals surface area (Å²) in [5.74, 6) is 0.188. The number of benzene rings is 1. The van der Waals surface area contributed by atoms with E-state index in [0.29, 0.717) is 30.2 Å². The Kier molecular flexibility index (Phi) is 5.16. The van der Waals surface area contributed by atoms with Crippen LogP contribution in [-0.2, 0) is 4.74 Å². The third kappa shape index (κ3) is 4.88. The van der Waals surface area contributed by atoms with Crippen molar-refractivity contribution in [2.45, 2.75) is 6.36 Å². The monoisotopic (exact) mass is 313 g/mol. The van der Waals surface area contributed by atoms with E-state index in [-0.39, 0.29) is 5.75 Å². The van der Waals surface area contributed by atoms with Crippen LogP contribution in [0.1, 0.15) is 0 Å². The first-order chi connectivity index (χ1) is 10.5. The minimum Gasteiger partial charge on any atom is -0.406 e. The minimum absolute atomic E-state index is 0.268. The fraction of sp³-hybridized carbons (Fsp3) is 0.286. The zero-order valence-electron chi connectivity index (χ0n) is 11.7. The molecule has 0 aliphatic heterocycles. The van der Waals surface area contributed by atoms with Crippen molar-refractivity contribution in [3.05, 3.63) is 36.7 Å². The number of hydrogen-bond acceptors (Lipinski definition) is 5. The van der Waals surface area contributed by atoms with Gasteiger partial charge in [-0.25, -0.2) is 9.97 Å². The molecule has 0 unspecified atom stereocenters. The number of hydrogen-bond donors (Lipinski definition) is 1. The summed E-state index contributed by atoms with van der Waals surface area (Å²) in [6, 6.07) is 5.51. The summed E-state index contributed by atoms with van der Waals surface area (Å²) >= 11 is 0. The Labute approximate surface area is 125 Å². The Morgan fingerprint density at radius 3 is 2.23 bits per heavy atom. The van der Waals surface area contributed by atoms with E-state index in [1.54, 1.807) is 19.5 Å². The quantitative estimate of drug-likeness (QED) is 0.831. The van der Waals surface area contributed by atoms with Crippen LogP contribution in [-0.4, -0.2) is 36.6 Å². The average molecular weight is 313 g/mol. The van der Waals surface area contributed by atoms with Gasteiger partial charge < -0.3 is 14.8 Å². The molecule has 1 aromatic carbocycles. The van der Waals surface area contributed by atoms with Crippen molar-refractivity contribution in [1.82, 2.24) is 9.97 Å². The highest BCUT2D eigenvalue weighted by Crippen LogP contribution is 2.26. The van der Waals surface area contributed by atoms with Gasteiger partial charge in [0.25, 0.3) is 0 Å². The van der Waals surface area contributed by atoms with E-state index in [4.69, 9.17) is 4.74 Å². The van der Waals surface area contributed by atoms with Gasteiger partial charge >= 0.3 is 6.36 Å². The van der Waals surface area contributed by atoms with Crippen LogP contribution in [0.4, 0.5) is 19.1 Å². The van der Waals surface area contributed by atoms with Crippen molar-refractivity contribution in [3.63, 3.8) is 0 Å². The Morgan fingerprint density at radius 2 is 1.68 bits per heavy atom. The van der Waals surface area contributed by atoms with E-state index in [9.17, 15) is 13.2 Å². The SMILES string of the molecule is COCCNc1ncc(-c2ccc(OC(F)(F)F)cc2)cn1. The van der Waals surface area contributed by atoms with Crippen molar-refractivity contribution >= 4 is 5.95 Å². The standard InChI is InChI=1S/C14H14F3N3O2/c1-21-7-6-18-13-19-8-11(9-20-13)10-2-4-12(5-3-10)22-14(15,16)17/h2-5,8-9H,6-7H2,1H3,(H,18,19,20). The first-order valence-electron chi connectivity index (χ1n) is 6.39. The molecule has 0 fully saturated rings. The summed E-state index contributed by atoms with van der Waals surface area (Å²) in [5.41, 5.74) is 1.38. The third-order valence-corrected chi connectivity index (χ3v) is 2.66. The minimum atomic E-state index is -4.69. The first kappa shape index (κ1) is 16.0. The molecule has 8 heteroatoms. The molecule has 1 N–H and O–H groups in total. The van der Waals surface area contributed by atoms with Gasteiger partial charge in [0, 0.05) is 31.6 Å². The summed E-state index contributed by atoms with van der Waals surface area (Å²) in [6.45, 7) is 1.12. The average Bonchev–Trinajstić information content (AvgIpc) is 2.48. The van der Waals surface area contributed by atoms with Gasteiger partial charge in [-0.1, -0.05) is 12.1 Å². The van der Waals surface area contributed by atoms with E-state index in [1.807, 2.05) is 0 Å². The van der Waals surface area contributed by atoms with E-state index >= 15 is 0 Å². The number of nitrogens with one attached hydrogen (secondary N) is 1. The summed E-state index contributed by atoms with van der Waals surface area (Å²) in [7, 11) is 1.60. The van der Waals surface area contributed by atoms with Crippen molar-refractivity contribution in [2.24, 2.45) is 0 Å². The van der Waals surface area contributed by atoms with Gasteiger partial charge in [0.15, 0.2) is 0 Å². The zero-order valence-corrected chi connectivity index (χ0v) is 11.7. The number of ether oxygens (including phenoxy) is 2. The fourth-order valence-corrected chi connectivity index (χ4v) is 1.68. The molecule has 0 saturated carbocycles. The van der Waals surface area contributed by atoms with E-state index in [1.165, 1.54) is 24.3 Å². The molecular formula is C14H14F3N3O2. The summed E-state index contributed by atoms with van der Waals surface area (Å²) < 4.78 is 44.9. The van der Waals surface area contributed by atoms with Gasteiger partial charge in [0.1, 0.15) is 5.75 Å². The summed E-state index contributed by atoms with van der Waals surface area (Å²) in [6.07, 6.45) is -1.52. The molecule has 2 aromatic rings. The number of rotatable bonds is 6. The smallest absolute Gasteiger partial charge is 0.406 e. The normalized spacial score (nSPS) is 11.3. The van der Waals surface area contributed by atoms with Crippen LogP contribution in [0, 0.1) is 0 Å². The molecule has 2 rings (SSSR count). The predicted molar refractivity (Wildman–Crippen MR) is 74.5 cm³/mol. The van der Waals surface area contributed by atoms with Gasteiger partial charge in [0.2, 0.25) is 5.95 Å². The van der Waals surface area contributed by atoms with Crippen LogP contribution in [0.2, 0.25) is 0 Å². The maximum Gasteiger partial charge on any atom is 0.573 e. The highest BCUT2D eigenvalue weighted by Gasteiger charge is 2.30. The lowest BCUT2D eigenvalue weighted by molar-refractivity contribution is -0.274. The number of methoxy groups -OCH3 is 1. The molecule has 5 nitrogen and oxygen atoms in total. The van der Waals surface area contributed by atoms with Crippen LogP contribution >= 0.6 is 0 Å². The largest absolute Gasteiger partial charge is 0.573 e. The van der Waals surface area contributed by atoms with Crippen LogP contribution < -0.4 is 10.1 Å². The second kappa shape index (κ2) is 7.08. The fourth-order valence-electron chi connectivity index (χ4n) is 1.68. The molecule has 0 atom stereocenters. The Balaban J connectivity index is 2.02. The second-order valence-electron chi connectivity index (χ2n) is 4.29. The highest BCUT2D eigenvalue weighted by molar-refractivity contribution is 5.62. The highest BCUT2D eigenvalue weighted by atomic mass is 19.4. The molecule has 1 aromatic heterocycles. The van der Waals surface area contributed by atoms with Crippen molar-refractivity contribution in [3.8, 4) is 16.9 Å². The van der Waals surface area contributed by atoms with Gasteiger partial charge in [-0.05, 0) is 17.7 Å². The lowest BCUT2D eigenvalue weighted by atomic mass is 10.1. The molecule has 0 saturated heterocycles. The molecule has 0 aliphatic rings. The summed E-state index contributed by atoms with van der Waals surface area (Å²) in [5, 5.41) is 2.97. The Morgan fingerprint density at radius 1 is 1.05 bits per heavy atom. The van der Waals surface area contributed by atoms with Gasteiger partial charge in [-0.2, -0.15) is 0 Å². The van der Waals surface area contributed by atoms with Crippen molar-refractivity contribution in [2.75, 3.05) is 25.6 Å². The molecule has 0 radical (unpaired) electrons. The van der Waals surface area contributed by atoms with Crippen LogP contribution in [0.5, 0.6) is 5.75 Å². The number of nitrogens with zero attached hydrogens (tertiary/aromatic N) is 2. The maximum absolute atomic E-state index is 12.1. The van der Waals surface area contributed by atoms with Gasteiger partial charge in [-0.3, -0.25) is 0 Å². The molecule has 0 amide bonds. The Hall–Kier alpha value is -2.35. The van der Waals surface area contributed by atoms with Crippen LogP contribution in [0.25, 0.3) is 11.1 Å². The first-order valence-corrected chi connectivity index (χ1v) is 6.39. The number of anilines is 1. The molecule has 22 heavy (non-hydrogen) atoms. The van der Waals surface area contributed by atoms with E-state index in [2.05, 4.69) is 20.0 Å². The maximum atomic E-state index is 12.1. The van der Waals surface area contributed by atoms with Crippen molar-refractivity contribution in [1.29, 1.82) is 0 Å². The zero-order chi connectivity index (χ0) is 16.0. The van der Waals surface area contributed by atoms with Crippen molar-refractivity contribution < 1.29 is 22.6 Å². The molecule has 118 valence electrons. The topological polar surface area (TPSA) is 56.3 Å². The molecule has 1 heterocycles. The lowest BCUT2D eigenvalue weighted by Crippen LogP contribution is -2.16. The van der Waals surface area contributed by atoms with Crippen LogP contribution in [0.3, 0.4) is 0 Å². The van der Waals surface area contributed by atoms with Gasteiger partial charge in [-0.15, -0.1) is 13.2 Å². The van der Waals surface area contributed by atoms with Crippen LogP contribution in [0.15, 0.2) is 36.7 Å². The Bertz CT molecular complexity index is 586. The molecule has 0 spiro atoms. The third-order valence-electron chi connectivity index (χ3n) is 2.66. The van der Waals surface area contributed by atoms with E-state index in [0.717, 1.165) is 0 Å². The van der Waals surface area contributed by atoms with Gasteiger partial charge in [0.05, 0.1) is 6.61 Å². The molecule has 0 aliphatic carbocycles. The lowest BCUT2D eigenvalue weighted by Gasteiger charge is -2.09. The predicted octanol–water partition coefficient (Wildman–Crippen LogP) is 3.10. The van der Waals surface area contributed by atoms with E-state index < -0.39 is 6.36 Å². The second-order valence-corrected chi connectivity index (χ2v) is 4.29. The number of alkyl halides is 3. The molecule has 0 bridgehead atoms. The molecular weight excluding hydrogens is 299 g/mol. The number of halogens is 3. The summed E-state index contributed by atoms with van der Waals surface area (Å²) in [4.78, 5) is 8.24.